The zero-order chi connectivity index (χ0) is 15.6. The summed E-state index contributed by atoms with van der Waals surface area (Å²) >= 11 is 17.8. The lowest BCUT2D eigenvalue weighted by Crippen LogP contribution is -2.13. The van der Waals surface area contributed by atoms with E-state index in [1.807, 2.05) is 0 Å². The van der Waals surface area contributed by atoms with Gasteiger partial charge in [0.2, 0.25) is 0 Å². The van der Waals surface area contributed by atoms with Crippen molar-refractivity contribution in [2.45, 2.75) is 11.4 Å². The van der Waals surface area contributed by atoms with Crippen LogP contribution in [0.2, 0.25) is 15.1 Å². The van der Waals surface area contributed by atoms with Crippen molar-refractivity contribution in [3.05, 3.63) is 57.0 Å². The third kappa shape index (κ3) is 3.62. The molecule has 0 atom stereocenters. The predicted molar refractivity (Wildman–Crippen MR) is 86.6 cm³/mol. The van der Waals surface area contributed by atoms with Crippen LogP contribution in [0.15, 0.2) is 41.3 Å². The average molecular weight is 366 g/mol. The highest BCUT2D eigenvalue weighted by atomic mass is 35.5. The van der Waals surface area contributed by atoms with Gasteiger partial charge >= 0.3 is 0 Å². The number of nitrogens with one attached hydrogen (secondary N) is 1. The molecule has 3 N–H and O–H groups in total. The van der Waals surface area contributed by atoms with Crippen molar-refractivity contribution >= 4 is 50.5 Å². The van der Waals surface area contributed by atoms with E-state index in [9.17, 15) is 8.42 Å². The minimum absolute atomic E-state index is 0.0146. The van der Waals surface area contributed by atoms with Gasteiger partial charge in [-0.05, 0) is 29.8 Å². The standard InChI is InChI=1S/C13H11Cl3N2O2S/c14-10-2-1-3-12(13(10)16)18-21(19,20)9-5-4-8(7-17)11(15)6-9/h1-6,18H,7,17H2. The maximum atomic E-state index is 12.3. The van der Waals surface area contributed by atoms with E-state index in [2.05, 4.69) is 4.72 Å². The molecule has 8 heteroatoms. The fourth-order valence-electron chi connectivity index (χ4n) is 1.65. The van der Waals surface area contributed by atoms with Crippen LogP contribution in [0.4, 0.5) is 5.69 Å². The Labute approximate surface area is 137 Å². The van der Waals surface area contributed by atoms with Crippen LogP contribution in [-0.2, 0) is 16.6 Å². The van der Waals surface area contributed by atoms with E-state index in [1.54, 1.807) is 18.2 Å². The fraction of sp³-hybridized carbons (Fsp3) is 0.0769. The van der Waals surface area contributed by atoms with Crippen molar-refractivity contribution < 1.29 is 8.42 Å². The van der Waals surface area contributed by atoms with Crippen LogP contribution < -0.4 is 10.5 Å². The second-order valence-electron chi connectivity index (χ2n) is 4.16. The average Bonchev–Trinajstić information content (AvgIpc) is 2.43. The summed E-state index contributed by atoms with van der Waals surface area (Å²) in [5.74, 6) is 0. The van der Waals surface area contributed by atoms with Crippen LogP contribution in [0.25, 0.3) is 0 Å². The molecule has 2 aromatic rings. The van der Waals surface area contributed by atoms with Crippen LogP contribution in [0.5, 0.6) is 0 Å². The number of hydrogen-bond acceptors (Lipinski definition) is 3. The molecule has 0 unspecified atom stereocenters. The number of hydrogen-bond donors (Lipinski definition) is 2. The highest BCUT2D eigenvalue weighted by Crippen LogP contribution is 2.31. The lowest BCUT2D eigenvalue weighted by molar-refractivity contribution is 0.601. The minimum Gasteiger partial charge on any atom is -0.326 e. The highest BCUT2D eigenvalue weighted by molar-refractivity contribution is 7.92. The third-order valence-corrected chi connectivity index (χ3v) is 5.28. The van der Waals surface area contributed by atoms with E-state index in [1.165, 1.54) is 18.2 Å². The maximum absolute atomic E-state index is 12.3. The summed E-state index contributed by atoms with van der Waals surface area (Å²) in [7, 11) is -3.82. The van der Waals surface area contributed by atoms with E-state index in [-0.39, 0.29) is 32.2 Å². The van der Waals surface area contributed by atoms with Gasteiger partial charge < -0.3 is 5.73 Å². The van der Waals surface area contributed by atoms with Crippen LogP contribution in [-0.4, -0.2) is 8.42 Å². The van der Waals surface area contributed by atoms with Crippen LogP contribution >= 0.6 is 34.8 Å². The Morgan fingerprint density at radius 2 is 1.76 bits per heavy atom. The largest absolute Gasteiger partial charge is 0.326 e. The van der Waals surface area contributed by atoms with E-state index < -0.39 is 10.0 Å². The molecule has 0 aromatic heterocycles. The maximum Gasteiger partial charge on any atom is 0.261 e. The number of anilines is 1. The zero-order valence-electron chi connectivity index (χ0n) is 10.6. The molecule has 0 bridgehead atoms. The lowest BCUT2D eigenvalue weighted by Gasteiger charge is -2.11. The van der Waals surface area contributed by atoms with Crippen LogP contribution in [0.1, 0.15) is 5.56 Å². The van der Waals surface area contributed by atoms with Crippen molar-refractivity contribution in [3.63, 3.8) is 0 Å². The summed E-state index contributed by atoms with van der Waals surface area (Å²) < 4.78 is 27.0. The smallest absolute Gasteiger partial charge is 0.261 e. The molecule has 112 valence electrons. The van der Waals surface area contributed by atoms with Gasteiger partial charge in [-0.25, -0.2) is 8.42 Å². The monoisotopic (exact) mass is 364 g/mol. The molecule has 0 fully saturated rings. The molecule has 0 aliphatic carbocycles. The van der Waals surface area contributed by atoms with Gasteiger partial charge in [0.25, 0.3) is 10.0 Å². The number of rotatable bonds is 4. The Kier molecular flexibility index (Phi) is 5.01. The van der Waals surface area contributed by atoms with E-state index in [0.717, 1.165) is 0 Å². The molecule has 21 heavy (non-hydrogen) atoms. The topological polar surface area (TPSA) is 72.2 Å². The normalized spacial score (nSPS) is 11.4. The van der Waals surface area contributed by atoms with Gasteiger partial charge in [-0.1, -0.05) is 46.9 Å². The predicted octanol–water partition coefficient (Wildman–Crippen LogP) is 3.91. The minimum atomic E-state index is -3.82. The highest BCUT2D eigenvalue weighted by Gasteiger charge is 2.17. The number of sulfonamides is 1. The number of halogens is 3. The van der Waals surface area contributed by atoms with Gasteiger partial charge in [-0.2, -0.15) is 0 Å². The Bertz CT molecular complexity index is 779. The molecule has 2 rings (SSSR count). The molecule has 0 heterocycles. The Morgan fingerprint density at radius 1 is 1.05 bits per heavy atom. The van der Waals surface area contributed by atoms with Gasteiger partial charge in [-0.15, -0.1) is 0 Å². The molecule has 2 aromatic carbocycles. The molecule has 0 aliphatic rings. The Morgan fingerprint density at radius 3 is 2.38 bits per heavy atom. The first kappa shape index (κ1) is 16.4. The molecule has 0 amide bonds. The van der Waals surface area contributed by atoms with Crippen molar-refractivity contribution in [1.82, 2.24) is 0 Å². The van der Waals surface area contributed by atoms with Crippen molar-refractivity contribution in [3.8, 4) is 0 Å². The van der Waals surface area contributed by atoms with Gasteiger partial charge in [0.05, 0.1) is 20.6 Å². The van der Waals surface area contributed by atoms with E-state index in [4.69, 9.17) is 40.5 Å². The summed E-state index contributed by atoms with van der Waals surface area (Å²) in [6, 6.07) is 9.00. The number of benzene rings is 2. The second-order valence-corrected chi connectivity index (χ2v) is 7.04. The van der Waals surface area contributed by atoms with Gasteiger partial charge in [0.15, 0.2) is 0 Å². The summed E-state index contributed by atoms with van der Waals surface area (Å²) in [5, 5.41) is 0.679. The first-order chi connectivity index (χ1) is 9.85. The van der Waals surface area contributed by atoms with E-state index >= 15 is 0 Å². The Hall–Kier alpha value is -0.980. The Balaban J connectivity index is 2.39. The van der Waals surface area contributed by atoms with Gasteiger partial charge in [0.1, 0.15) is 0 Å². The molecule has 0 aliphatic heterocycles. The van der Waals surface area contributed by atoms with Crippen molar-refractivity contribution in [2.24, 2.45) is 5.73 Å². The fourth-order valence-corrected chi connectivity index (χ4v) is 3.47. The summed E-state index contributed by atoms with van der Waals surface area (Å²) in [6.45, 7) is 0.229. The quantitative estimate of drug-likeness (QED) is 0.863. The molecule has 0 saturated carbocycles. The molecule has 0 radical (unpaired) electrons. The van der Waals surface area contributed by atoms with Crippen LogP contribution in [0, 0.1) is 0 Å². The second kappa shape index (κ2) is 6.42. The SMILES string of the molecule is NCc1ccc(S(=O)(=O)Nc2cccc(Cl)c2Cl)cc1Cl. The summed E-state index contributed by atoms with van der Waals surface area (Å²) in [5.41, 5.74) is 6.35. The van der Waals surface area contributed by atoms with Crippen LogP contribution in [0.3, 0.4) is 0 Å². The zero-order valence-corrected chi connectivity index (χ0v) is 13.7. The first-order valence-corrected chi connectivity index (χ1v) is 8.42. The molecule has 0 saturated heterocycles. The summed E-state index contributed by atoms with van der Waals surface area (Å²) in [6.07, 6.45) is 0. The molecule has 4 nitrogen and oxygen atoms in total. The molecule has 0 spiro atoms. The van der Waals surface area contributed by atoms with E-state index in [0.29, 0.717) is 5.56 Å². The lowest BCUT2D eigenvalue weighted by atomic mass is 10.2. The van der Waals surface area contributed by atoms with Crippen molar-refractivity contribution in [1.29, 1.82) is 0 Å². The third-order valence-electron chi connectivity index (χ3n) is 2.75. The molecular weight excluding hydrogens is 355 g/mol. The van der Waals surface area contributed by atoms with Crippen molar-refractivity contribution in [2.75, 3.05) is 4.72 Å². The molecular formula is C13H11Cl3N2O2S. The number of nitrogens with two attached hydrogens (primary N) is 1. The van der Waals surface area contributed by atoms with Gasteiger partial charge in [0, 0.05) is 11.6 Å². The summed E-state index contributed by atoms with van der Waals surface area (Å²) in [4.78, 5) is 0.0146. The first-order valence-electron chi connectivity index (χ1n) is 5.80. The van der Waals surface area contributed by atoms with Gasteiger partial charge in [-0.3, -0.25) is 4.72 Å².